The van der Waals surface area contributed by atoms with Crippen LogP contribution in [0.5, 0.6) is 17.2 Å². The molecule has 4 aromatic rings. The Hall–Kier alpha value is -2.99. The van der Waals surface area contributed by atoms with Gasteiger partial charge in [-0.05, 0) is 42.0 Å². The molecular formula is C23H21BrN2O3. The summed E-state index contributed by atoms with van der Waals surface area (Å²) in [7, 11) is 4.83. The first-order valence-corrected chi connectivity index (χ1v) is 9.94. The maximum absolute atomic E-state index is 5.54. The number of fused-ring (bicyclic) bond motifs is 1. The highest BCUT2D eigenvalue weighted by atomic mass is 79.9. The van der Waals surface area contributed by atoms with Gasteiger partial charge in [0.05, 0.1) is 32.4 Å². The van der Waals surface area contributed by atoms with E-state index in [0.29, 0.717) is 23.8 Å². The fourth-order valence-corrected chi connectivity index (χ4v) is 3.70. The van der Waals surface area contributed by atoms with Gasteiger partial charge in [0.2, 0.25) is 5.75 Å². The van der Waals surface area contributed by atoms with Crippen molar-refractivity contribution in [3.63, 3.8) is 0 Å². The molecule has 0 amide bonds. The fourth-order valence-electron chi connectivity index (χ4n) is 3.44. The highest BCUT2D eigenvalue weighted by Gasteiger charge is 2.19. The molecule has 29 heavy (non-hydrogen) atoms. The molecule has 0 saturated heterocycles. The van der Waals surface area contributed by atoms with Crippen molar-refractivity contribution in [3.8, 4) is 28.6 Å². The van der Waals surface area contributed by atoms with Gasteiger partial charge in [0.15, 0.2) is 11.5 Å². The molecule has 0 aliphatic rings. The van der Waals surface area contributed by atoms with Gasteiger partial charge in [0.25, 0.3) is 0 Å². The van der Waals surface area contributed by atoms with Gasteiger partial charge in [-0.1, -0.05) is 40.2 Å². The van der Waals surface area contributed by atoms with Crippen LogP contribution in [0.3, 0.4) is 0 Å². The van der Waals surface area contributed by atoms with E-state index in [1.54, 1.807) is 21.3 Å². The number of imidazole rings is 1. The van der Waals surface area contributed by atoms with Gasteiger partial charge < -0.3 is 18.8 Å². The third-order valence-electron chi connectivity index (χ3n) is 4.83. The molecule has 0 N–H and O–H groups in total. The predicted octanol–water partition coefficient (Wildman–Crippen LogP) is 5.54. The topological polar surface area (TPSA) is 45.5 Å². The Kier molecular flexibility index (Phi) is 5.45. The van der Waals surface area contributed by atoms with Crippen LogP contribution < -0.4 is 14.2 Å². The molecule has 1 heterocycles. The number of benzene rings is 3. The Morgan fingerprint density at radius 1 is 0.862 bits per heavy atom. The van der Waals surface area contributed by atoms with Crippen molar-refractivity contribution in [2.24, 2.45) is 0 Å². The van der Waals surface area contributed by atoms with Crippen LogP contribution in [0.1, 0.15) is 5.56 Å². The second-order valence-corrected chi connectivity index (χ2v) is 7.47. The van der Waals surface area contributed by atoms with E-state index in [1.807, 2.05) is 42.5 Å². The molecule has 0 spiro atoms. The van der Waals surface area contributed by atoms with Gasteiger partial charge in [-0.15, -0.1) is 0 Å². The van der Waals surface area contributed by atoms with Crippen molar-refractivity contribution in [1.82, 2.24) is 9.55 Å². The number of nitrogens with zero attached hydrogens (tertiary/aromatic N) is 2. The van der Waals surface area contributed by atoms with Crippen molar-refractivity contribution in [2.75, 3.05) is 21.3 Å². The van der Waals surface area contributed by atoms with Crippen LogP contribution >= 0.6 is 15.9 Å². The van der Waals surface area contributed by atoms with Crippen LogP contribution in [-0.2, 0) is 6.54 Å². The molecule has 5 nitrogen and oxygen atoms in total. The van der Waals surface area contributed by atoms with E-state index in [-0.39, 0.29) is 0 Å². The van der Waals surface area contributed by atoms with Crippen LogP contribution in [0.2, 0.25) is 0 Å². The van der Waals surface area contributed by atoms with Gasteiger partial charge in [0.1, 0.15) is 5.82 Å². The Balaban J connectivity index is 1.91. The zero-order chi connectivity index (χ0) is 20.4. The quantitative estimate of drug-likeness (QED) is 0.385. The molecule has 0 atom stereocenters. The van der Waals surface area contributed by atoms with Crippen LogP contribution in [0.25, 0.3) is 22.4 Å². The normalized spacial score (nSPS) is 10.9. The highest BCUT2D eigenvalue weighted by molar-refractivity contribution is 9.10. The number of hydrogen-bond donors (Lipinski definition) is 0. The first-order chi connectivity index (χ1) is 14.1. The summed E-state index contributed by atoms with van der Waals surface area (Å²) in [6.45, 7) is 0.694. The van der Waals surface area contributed by atoms with Gasteiger partial charge in [-0.25, -0.2) is 4.98 Å². The predicted molar refractivity (Wildman–Crippen MR) is 118 cm³/mol. The van der Waals surface area contributed by atoms with E-state index < -0.39 is 0 Å². The molecule has 0 fully saturated rings. The molecule has 0 aliphatic heterocycles. The Bertz CT molecular complexity index is 1130. The average Bonchev–Trinajstić information content (AvgIpc) is 3.12. The van der Waals surface area contributed by atoms with Crippen LogP contribution in [-0.4, -0.2) is 30.9 Å². The largest absolute Gasteiger partial charge is 0.493 e. The SMILES string of the molecule is COc1cc(-c2nc3ccccc3n2Cc2ccc(Br)cc2)cc(OC)c1OC. The Morgan fingerprint density at radius 2 is 1.52 bits per heavy atom. The minimum Gasteiger partial charge on any atom is -0.493 e. The minimum atomic E-state index is 0.564. The van der Waals surface area contributed by atoms with Crippen molar-refractivity contribution in [2.45, 2.75) is 6.54 Å². The van der Waals surface area contributed by atoms with Crippen molar-refractivity contribution >= 4 is 27.0 Å². The molecule has 0 unspecified atom stereocenters. The molecule has 1 aromatic heterocycles. The van der Waals surface area contributed by atoms with Crippen LogP contribution in [0.15, 0.2) is 65.1 Å². The number of para-hydroxylation sites is 2. The fraction of sp³-hybridized carbons (Fsp3) is 0.174. The second kappa shape index (κ2) is 8.17. The second-order valence-electron chi connectivity index (χ2n) is 6.55. The van der Waals surface area contributed by atoms with E-state index in [0.717, 1.165) is 26.9 Å². The van der Waals surface area contributed by atoms with E-state index >= 15 is 0 Å². The number of rotatable bonds is 6. The lowest BCUT2D eigenvalue weighted by Gasteiger charge is -2.15. The number of methoxy groups -OCH3 is 3. The van der Waals surface area contributed by atoms with E-state index in [2.05, 4.69) is 38.7 Å². The summed E-state index contributed by atoms with van der Waals surface area (Å²) in [5, 5.41) is 0. The Morgan fingerprint density at radius 3 is 2.14 bits per heavy atom. The van der Waals surface area contributed by atoms with E-state index in [9.17, 15) is 0 Å². The summed E-state index contributed by atoms with van der Waals surface area (Å²) in [6, 6.07) is 20.3. The maximum Gasteiger partial charge on any atom is 0.203 e. The lowest BCUT2D eigenvalue weighted by atomic mass is 10.1. The summed E-state index contributed by atoms with van der Waals surface area (Å²) in [4.78, 5) is 4.90. The molecule has 4 rings (SSSR count). The molecule has 0 bridgehead atoms. The molecule has 3 aromatic carbocycles. The number of hydrogen-bond acceptors (Lipinski definition) is 4. The summed E-state index contributed by atoms with van der Waals surface area (Å²) in [5.74, 6) is 2.61. The summed E-state index contributed by atoms with van der Waals surface area (Å²) in [6.07, 6.45) is 0. The zero-order valence-electron chi connectivity index (χ0n) is 16.5. The first-order valence-electron chi connectivity index (χ1n) is 9.14. The van der Waals surface area contributed by atoms with Crippen molar-refractivity contribution in [1.29, 1.82) is 0 Å². The van der Waals surface area contributed by atoms with E-state index in [4.69, 9.17) is 19.2 Å². The zero-order valence-corrected chi connectivity index (χ0v) is 18.1. The number of aromatic nitrogens is 2. The molecule has 0 saturated carbocycles. The molecule has 148 valence electrons. The lowest BCUT2D eigenvalue weighted by Crippen LogP contribution is -2.03. The van der Waals surface area contributed by atoms with Gasteiger partial charge in [0, 0.05) is 16.6 Å². The summed E-state index contributed by atoms with van der Waals surface area (Å²) < 4.78 is 19.8. The third kappa shape index (κ3) is 3.68. The highest BCUT2D eigenvalue weighted by Crippen LogP contribution is 2.41. The van der Waals surface area contributed by atoms with E-state index in [1.165, 1.54) is 5.56 Å². The van der Waals surface area contributed by atoms with Crippen LogP contribution in [0, 0.1) is 0 Å². The maximum atomic E-state index is 5.54. The summed E-state index contributed by atoms with van der Waals surface area (Å²) >= 11 is 3.50. The summed E-state index contributed by atoms with van der Waals surface area (Å²) in [5.41, 5.74) is 4.09. The Labute approximate surface area is 178 Å². The van der Waals surface area contributed by atoms with Gasteiger partial charge in [-0.2, -0.15) is 0 Å². The van der Waals surface area contributed by atoms with Gasteiger partial charge >= 0.3 is 0 Å². The molecule has 0 aliphatic carbocycles. The standard InChI is InChI=1S/C23H21BrN2O3/c1-27-20-12-16(13-21(28-2)22(20)29-3)23-25-18-6-4-5-7-19(18)26(23)14-15-8-10-17(24)11-9-15/h4-13H,14H2,1-3H3. The molecule has 0 radical (unpaired) electrons. The van der Waals surface area contributed by atoms with Crippen LogP contribution in [0.4, 0.5) is 0 Å². The average molecular weight is 453 g/mol. The molecule has 6 heteroatoms. The first kappa shape index (κ1) is 19.3. The third-order valence-corrected chi connectivity index (χ3v) is 5.36. The smallest absolute Gasteiger partial charge is 0.203 e. The lowest BCUT2D eigenvalue weighted by molar-refractivity contribution is 0.324. The monoisotopic (exact) mass is 452 g/mol. The minimum absolute atomic E-state index is 0.564. The number of halogens is 1. The van der Waals surface area contributed by atoms with Crippen molar-refractivity contribution < 1.29 is 14.2 Å². The van der Waals surface area contributed by atoms with Gasteiger partial charge in [-0.3, -0.25) is 0 Å². The number of ether oxygens (including phenoxy) is 3. The van der Waals surface area contributed by atoms with Crippen molar-refractivity contribution in [3.05, 3.63) is 70.7 Å². The molecular weight excluding hydrogens is 432 g/mol.